The smallest absolute Gasteiger partial charge is 0.432 e. The first kappa shape index (κ1) is 12.5. The summed E-state index contributed by atoms with van der Waals surface area (Å²) in [5, 5.41) is 0.463. The summed E-state index contributed by atoms with van der Waals surface area (Å²) < 4.78 is 4.76. The summed E-state index contributed by atoms with van der Waals surface area (Å²) in [6.07, 6.45) is -0.880. The summed E-state index contributed by atoms with van der Waals surface area (Å²) in [6, 6.07) is 0. The predicted molar refractivity (Wildman–Crippen MR) is 53.0 cm³/mol. The highest BCUT2D eigenvalue weighted by Crippen LogP contribution is 2.15. The summed E-state index contributed by atoms with van der Waals surface area (Å²) in [6.45, 7) is 5.80. The second-order valence-corrected chi connectivity index (χ2v) is 4.77. The van der Waals surface area contributed by atoms with E-state index >= 15 is 0 Å². The van der Waals surface area contributed by atoms with Crippen LogP contribution in [0, 0.1) is 5.41 Å². The van der Waals surface area contributed by atoms with E-state index in [9.17, 15) is 14.4 Å². The standard InChI is InChI=1S/C10H15NO5/c1-10(2,3)6-15-9(14)16-11-7(12)4-5-8(11)13/h4-6H2,1-3H3. The monoisotopic (exact) mass is 229 g/mol. The first-order chi connectivity index (χ1) is 7.29. The van der Waals surface area contributed by atoms with Crippen LogP contribution in [0.1, 0.15) is 33.6 Å². The van der Waals surface area contributed by atoms with Gasteiger partial charge in [-0.2, -0.15) is 0 Å². The summed E-state index contributed by atoms with van der Waals surface area (Å²) in [5.41, 5.74) is -0.196. The first-order valence-corrected chi connectivity index (χ1v) is 5.00. The topological polar surface area (TPSA) is 72.9 Å². The van der Waals surface area contributed by atoms with Crippen LogP contribution in [0.15, 0.2) is 0 Å². The normalized spacial score (nSPS) is 16.6. The molecule has 1 rings (SSSR count). The number of ether oxygens (including phenoxy) is 1. The Kier molecular flexibility index (Phi) is 3.51. The fourth-order valence-electron chi connectivity index (χ4n) is 1.03. The van der Waals surface area contributed by atoms with Gasteiger partial charge in [0, 0.05) is 12.8 Å². The van der Waals surface area contributed by atoms with Crippen LogP contribution in [0.25, 0.3) is 0 Å². The number of rotatable bonds is 2. The fraction of sp³-hybridized carbons (Fsp3) is 0.700. The Bertz CT molecular complexity index is 302. The van der Waals surface area contributed by atoms with Gasteiger partial charge in [0.05, 0.1) is 6.61 Å². The molecule has 0 N–H and O–H groups in total. The van der Waals surface area contributed by atoms with Crippen LogP contribution in [0.4, 0.5) is 4.79 Å². The minimum absolute atomic E-state index is 0.0748. The largest absolute Gasteiger partial charge is 0.533 e. The molecule has 0 aromatic carbocycles. The number of carbonyl (C=O) groups is 3. The summed E-state index contributed by atoms with van der Waals surface area (Å²) in [4.78, 5) is 37.8. The minimum atomic E-state index is -1.03. The van der Waals surface area contributed by atoms with Gasteiger partial charge in [-0.3, -0.25) is 14.4 Å². The van der Waals surface area contributed by atoms with Crippen LogP contribution in [-0.4, -0.2) is 29.6 Å². The number of nitrogens with zero attached hydrogens (tertiary/aromatic N) is 1. The number of hydroxylamine groups is 2. The van der Waals surface area contributed by atoms with Crippen molar-refractivity contribution < 1.29 is 24.0 Å². The Labute approximate surface area is 93.4 Å². The van der Waals surface area contributed by atoms with Crippen molar-refractivity contribution in [3.05, 3.63) is 0 Å². The maximum atomic E-state index is 11.1. The third-order valence-corrected chi connectivity index (χ3v) is 1.79. The van der Waals surface area contributed by atoms with Crippen molar-refractivity contribution in [2.45, 2.75) is 33.6 Å². The Morgan fingerprint density at radius 2 is 1.75 bits per heavy atom. The second kappa shape index (κ2) is 4.51. The maximum Gasteiger partial charge on any atom is 0.533 e. The lowest BCUT2D eigenvalue weighted by Gasteiger charge is -2.18. The zero-order chi connectivity index (χ0) is 12.3. The average Bonchev–Trinajstić information content (AvgIpc) is 2.45. The van der Waals surface area contributed by atoms with Gasteiger partial charge in [0.25, 0.3) is 11.8 Å². The summed E-state index contributed by atoms with van der Waals surface area (Å²) in [7, 11) is 0. The fourth-order valence-corrected chi connectivity index (χ4v) is 1.03. The quantitative estimate of drug-likeness (QED) is 0.526. The van der Waals surface area contributed by atoms with Crippen LogP contribution in [0.5, 0.6) is 0 Å². The van der Waals surface area contributed by atoms with Crippen LogP contribution in [0.2, 0.25) is 0 Å². The molecule has 1 heterocycles. The van der Waals surface area contributed by atoms with E-state index in [4.69, 9.17) is 4.74 Å². The van der Waals surface area contributed by atoms with Crippen molar-refractivity contribution in [2.75, 3.05) is 6.61 Å². The first-order valence-electron chi connectivity index (χ1n) is 5.00. The molecule has 90 valence electrons. The Balaban J connectivity index is 2.40. The lowest BCUT2D eigenvalue weighted by molar-refractivity contribution is -0.177. The molecule has 0 radical (unpaired) electrons. The van der Waals surface area contributed by atoms with Crippen LogP contribution >= 0.6 is 0 Å². The van der Waals surface area contributed by atoms with Crippen molar-refractivity contribution in [2.24, 2.45) is 5.41 Å². The van der Waals surface area contributed by atoms with Gasteiger partial charge in [0.15, 0.2) is 0 Å². The van der Waals surface area contributed by atoms with Crippen LogP contribution in [-0.2, 0) is 19.2 Å². The third kappa shape index (κ3) is 3.52. The molecule has 0 atom stereocenters. The molecule has 0 aliphatic carbocycles. The number of carbonyl (C=O) groups excluding carboxylic acids is 3. The van der Waals surface area contributed by atoms with Crippen LogP contribution in [0.3, 0.4) is 0 Å². The van der Waals surface area contributed by atoms with Gasteiger partial charge >= 0.3 is 6.16 Å². The summed E-state index contributed by atoms with van der Waals surface area (Å²) >= 11 is 0. The molecule has 1 saturated heterocycles. The van der Waals surface area contributed by atoms with Gasteiger partial charge in [-0.15, -0.1) is 0 Å². The second-order valence-electron chi connectivity index (χ2n) is 4.77. The van der Waals surface area contributed by atoms with Gasteiger partial charge in [-0.1, -0.05) is 25.8 Å². The Morgan fingerprint density at radius 1 is 1.25 bits per heavy atom. The highest BCUT2D eigenvalue weighted by Gasteiger charge is 2.33. The van der Waals surface area contributed by atoms with E-state index in [1.165, 1.54) is 0 Å². The zero-order valence-electron chi connectivity index (χ0n) is 9.61. The van der Waals surface area contributed by atoms with E-state index in [0.29, 0.717) is 5.06 Å². The van der Waals surface area contributed by atoms with Crippen molar-refractivity contribution in [1.29, 1.82) is 0 Å². The molecule has 0 aromatic heterocycles. The van der Waals surface area contributed by atoms with Gasteiger partial charge in [0.2, 0.25) is 0 Å². The SMILES string of the molecule is CC(C)(C)COC(=O)ON1C(=O)CCC1=O. The van der Waals surface area contributed by atoms with Gasteiger partial charge < -0.3 is 4.74 Å². The molecule has 1 aliphatic heterocycles. The van der Waals surface area contributed by atoms with Gasteiger partial charge in [-0.05, 0) is 5.41 Å². The molecule has 1 aliphatic rings. The molecule has 1 fully saturated rings. The number of imide groups is 1. The molecule has 6 nitrogen and oxygen atoms in total. The van der Waals surface area contributed by atoms with Crippen molar-refractivity contribution in [3.63, 3.8) is 0 Å². The summed E-state index contributed by atoms with van der Waals surface area (Å²) in [5.74, 6) is -1.03. The molecule has 0 bridgehead atoms. The van der Waals surface area contributed by atoms with Crippen molar-refractivity contribution in [1.82, 2.24) is 5.06 Å². The van der Waals surface area contributed by atoms with Gasteiger partial charge in [-0.25, -0.2) is 4.79 Å². The molecule has 0 spiro atoms. The van der Waals surface area contributed by atoms with E-state index in [-0.39, 0.29) is 24.9 Å². The van der Waals surface area contributed by atoms with E-state index in [0.717, 1.165) is 0 Å². The lowest BCUT2D eigenvalue weighted by atomic mass is 9.99. The molecule has 0 unspecified atom stereocenters. The van der Waals surface area contributed by atoms with E-state index in [1.807, 2.05) is 20.8 Å². The molecule has 16 heavy (non-hydrogen) atoms. The molecule has 0 saturated carbocycles. The van der Waals surface area contributed by atoms with Crippen molar-refractivity contribution >= 4 is 18.0 Å². The predicted octanol–water partition coefficient (Wildman–Crippen LogP) is 1.25. The molecular weight excluding hydrogens is 214 g/mol. The molecule has 6 heteroatoms. The van der Waals surface area contributed by atoms with Crippen molar-refractivity contribution in [3.8, 4) is 0 Å². The molecule has 0 aromatic rings. The maximum absolute atomic E-state index is 11.1. The van der Waals surface area contributed by atoms with Gasteiger partial charge in [0.1, 0.15) is 0 Å². The Morgan fingerprint density at radius 3 is 2.19 bits per heavy atom. The lowest BCUT2D eigenvalue weighted by Crippen LogP contribution is -2.33. The molecule has 2 amide bonds. The van der Waals surface area contributed by atoms with E-state index < -0.39 is 18.0 Å². The highest BCUT2D eigenvalue weighted by molar-refractivity contribution is 6.01. The molecular formula is C10H15NO5. The van der Waals surface area contributed by atoms with E-state index in [2.05, 4.69) is 4.84 Å². The number of hydrogen-bond acceptors (Lipinski definition) is 5. The zero-order valence-corrected chi connectivity index (χ0v) is 9.61. The highest BCUT2D eigenvalue weighted by atomic mass is 16.8. The minimum Gasteiger partial charge on any atom is -0.432 e. The average molecular weight is 229 g/mol. The van der Waals surface area contributed by atoms with Crippen LogP contribution < -0.4 is 0 Å². The van der Waals surface area contributed by atoms with E-state index in [1.54, 1.807) is 0 Å². The number of hydrogen-bond donors (Lipinski definition) is 0. The number of amides is 2. The Hall–Kier alpha value is -1.59. The third-order valence-electron chi connectivity index (χ3n) is 1.79.